The van der Waals surface area contributed by atoms with Crippen LogP contribution >= 0.6 is 0 Å². The summed E-state index contributed by atoms with van der Waals surface area (Å²) in [6.45, 7) is 0. The summed E-state index contributed by atoms with van der Waals surface area (Å²) >= 11 is 0. The maximum atomic E-state index is 13.0. The number of hydrogen-bond donors (Lipinski definition) is 1. The minimum atomic E-state index is -3.39. The normalized spacial score (nSPS) is 11.1. The zero-order valence-electron chi connectivity index (χ0n) is 8.03. The lowest BCUT2D eigenvalue weighted by Crippen LogP contribution is -2.22. The number of rotatable bonds is 3. The van der Waals surface area contributed by atoms with Gasteiger partial charge in [0.25, 0.3) is 0 Å². The molecule has 0 aromatic heterocycles. The average Bonchev–Trinajstić information content (AvgIpc) is 2.05. The van der Waals surface area contributed by atoms with Crippen LogP contribution in [0.25, 0.3) is 0 Å². The van der Waals surface area contributed by atoms with Gasteiger partial charge in [0, 0.05) is 6.26 Å². The highest BCUT2D eigenvalue weighted by Crippen LogP contribution is 2.11. The van der Waals surface area contributed by atoms with Crippen molar-refractivity contribution in [3.05, 3.63) is 30.1 Å². The summed E-state index contributed by atoms with van der Waals surface area (Å²) in [6, 6.07) is 5.55. The Morgan fingerprint density at radius 2 is 2.00 bits per heavy atom. The Kier molecular flexibility index (Phi) is 3.41. The molecule has 0 fully saturated rings. The number of sulfone groups is 1. The zero-order chi connectivity index (χ0) is 11.5. The van der Waals surface area contributed by atoms with E-state index in [1.165, 1.54) is 18.2 Å². The lowest BCUT2D eigenvalue weighted by Gasteiger charge is -2.04. The molecule has 0 saturated carbocycles. The van der Waals surface area contributed by atoms with Gasteiger partial charge in [0.2, 0.25) is 5.91 Å². The number of anilines is 1. The van der Waals surface area contributed by atoms with E-state index in [-0.39, 0.29) is 5.69 Å². The Hall–Kier alpha value is -1.43. The van der Waals surface area contributed by atoms with Gasteiger partial charge in [-0.25, -0.2) is 12.8 Å². The summed E-state index contributed by atoms with van der Waals surface area (Å²) < 4.78 is 34.5. The van der Waals surface area contributed by atoms with E-state index in [2.05, 4.69) is 5.32 Å². The maximum absolute atomic E-state index is 13.0. The Bertz CT molecular complexity index is 470. The molecule has 15 heavy (non-hydrogen) atoms. The quantitative estimate of drug-likeness (QED) is 0.837. The van der Waals surface area contributed by atoms with E-state index >= 15 is 0 Å². The molecule has 82 valence electrons. The number of halogens is 1. The molecule has 1 aromatic carbocycles. The molecule has 1 amide bonds. The third kappa shape index (κ3) is 4.07. The van der Waals surface area contributed by atoms with Gasteiger partial charge in [-0.2, -0.15) is 0 Å². The summed E-state index contributed by atoms with van der Waals surface area (Å²) in [5, 5.41) is 2.17. The first kappa shape index (κ1) is 11.6. The van der Waals surface area contributed by atoms with Crippen LogP contribution in [0.3, 0.4) is 0 Å². The predicted molar refractivity (Wildman–Crippen MR) is 54.7 cm³/mol. The van der Waals surface area contributed by atoms with Crippen molar-refractivity contribution in [1.29, 1.82) is 0 Å². The standard InChI is InChI=1S/C9H10FNO3S/c1-15(13,14)6-9(12)11-8-5-3-2-4-7(8)10/h2-5H,6H2,1H3,(H,11,12). The number of hydrogen-bond acceptors (Lipinski definition) is 3. The summed E-state index contributed by atoms with van der Waals surface area (Å²) in [5.41, 5.74) is -0.0221. The summed E-state index contributed by atoms with van der Waals surface area (Å²) in [5.74, 6) is -2.00. The summed E-state index contributed by atoms with van der Waals surface area (Å²) in [7, 11) is -3.39. The van der Waals surface area contributed by atoms with Crippen LogP contribution in [0.5, 0.6) is 0 Å². The van der Waals surface area contributed by atoms with Gasteiger partial charge >= 0.3 is 0 Å². The molecule has 0 aliphatic heterocycles. The molecule has 0 radical (unpaired) electrons. The molecular formula is C9H10FNO3S. The zero-order valence-corrected chi connectivity index (χ0v) is 8.84. The number of carbonyl (C=O) groups is 1. The molecule has 4 nitrogen and oxygen atoms in total. The molecule has 0 aliphatic rings. The van der Waals surface area contributed by atoms with E-state index in [0.717, 1.165) is 6.26 Å². The second-order valence-corrected chi connectivity index (χ2v) is 5.24. The molecule has 1 aromatic rings. The molecule has 0 bridgehead atoms. The Balaban J connectivity index is 2.72. The maximum Gasteiger partial charge on any atom is 0.239 e. The Morgan fingerprint density at radius 1 is 1.40 bits per heavy atom. The van der Waals surface area contributed by atoms with E-state index in [1.807, 2.05) is 0 Å². The minimum absolute atomic E-state index is 0.0221. The average molecular weight is 231 g/mol. The van der Waals surface area contributed by atoms with Crippen LogP contribution in [0.2, 0.25) is 0 Å². The minimum Gasteiger partial charge on any atom is -0.323 e. The SMILES string of the molecule is CS(=O)(=O)CC(=O)Nc1ccccc1F. The van der Waals surface area contributed by atoms with Crippen LogP contribution < -0.4 is 5.32 Å². The largest absolute Gasteiger partial charge is 0.323 e. The molecular weight excluding hydrogens is 221 g/mol. The van der Waals surface area contributed by atoms with E-state index < -0.39 is 27.3 Å². The Labute approximate surface area is 87.0 Å². The molecule has 0 spiro atoms. The van der Waals surface area contributed by atoms with Crippen molar-refractivity contribution in [1.82, 2.24) is 0 Å². The number of para-hydroxylation sites is 1. The van der Waals surface area contributed by atoms with Crippen LogP contribution in [0.4, 0.5) is 10.1 Å². The van der Waals surface area contributed by atoms with Crippen LogP contribution in [0.15, 0.2) is 24.3 Å². The first-order valence-electron chi connectivity index (χ1n) is 4.10. The third-order valence-electron chi connectivity index (χ3n) is 1.54. The fourth-order valence-electron chi connectivity index (χ4n) is 0.987. The number of nitrogens with one attached hydrogen (secondary N) is 1. The van der Waals surface area contributed by atoms with E-state index in [4.69, 9.17) is 0 Å². The highest BCUT2D eigenvalue weighted by atomic mass is 32.2. The van der Waals surface area contributed by atoms with Gasteiger partial charge < -0.3 is 5.32 Å². The first-order chi connectivity index (χ1) is 6.88. The molecule has 0 saturated heterocycles. The Morgan fingerprint density at radius 3 is 2.53 bits per heavy atom. The lowest BCUT2D eigenvalue weighted by molar-refractivity contribution is -0.113. The van der Waals surface area contributed by atoms with Crippen molar-refractivity contribution < 1.29 is 17.6 Å². The third-order valence-corrected chi connectivity index (χ3v) is 2.33. The van der Waals surface area contributed by atoms with Crippen molar-refractivity contribution >= 4 is 21.4 Å². The first-order valence-corrected chi connectivity index (χ1v) is 6.16. The van der Waals surface area contributed by atoms with Crippen LogP contribution in [0, 0.1) is 5.82 Å². The van der Waals surface area contributed by atoms with Crippen LogP contribution in [-0.4, -0.2) is 26.3 Å². The van der Waals surface area contributed by atoms with Crippen molar-refractivity contribution in [2.75, 3.05) is 17.3 Å². The second kappa shape index (κ2) is 4.39. The fraction of sp³-hybridized carbons (Fsp3) is 0.222. The molecule has 6 heteroatoms. The van der Waals surface area contributed by atoms with E-state index in [9.17, 15) is 17.6 Å². The van der Waals surface area contributed by atoms with Gasteiger partial charge in [0.05, 0.1) is 5.69 Å². The van der Waals surface area contributed by atoms with Gasteiger partial charge in [-0.05, 0) is 12.1 Å². The molecule has 0 unspecified atom stereocenters. The van der Waals surface area contributed by atoms with Gasteiger partial charge in [0.1, 0.15) is 11.6 Å². The molecule has 0 heterocycles. The molecule has 0 aliphatic carbocycles. The van der Waals surface area contributed by atoms with Crippen molar-refractivity contribution in [2.24, 2.45) is 0 Å². The predicted octanol–water partition coefficient (Wildman–Crippen LogP) is 0.809. The smallest absolute Gasteiger partial charge is 0.239 e. The van der Waals surface area contributed by atoms with Gasteiger partial charge in [-0.15, -0.1) is 0 Å². The second-order valence-electron chi connectivity index (χ2n) is 3.10. The molecule has 1 N–H and O–H groups in total. The van der Waals surface area contributed by atoms with Crippen LogP contribution in [0.1, 0.15) is 0 Å². The lowest BCUT2D eigenvalue weighted by atomic mass is 10.3. The highest BCUT2D eigenvalue weighted by molar-refractivity contribution is 7.91. The topological polar surface area (TPSA) is 63.2 Å². The van der Waals surface area contributed by atoms with Crippen molar-refractivity contribution in [2.45, 2.75) is 0 Å². The molecule has 0 atom stereocenters. The van der Waals surface area contributed by atoms with E-state index in [1.54, 1.807) is 6.07 Å². The number of amides is 1. The summed E-state index contributed by atoms with van der Waals surface area (Å²) in [6.07, 6.45) is 0.938. The highest BCUT2D eigenvalue weighted by Gasteiger charge is 2.12. The fourth-order valence-corrected chi connectivity index (χ4v) is 1.54. The van der Waals surface area contributed by atoms with E-state index in [0.29, 0.717) is 0 Å². The monoisotopic (exact) mass is 231 g/mol. The van der Waals surface area contributed by atoms with Crippen molar-refractivity contribution in [3.63, 3.8) is 0 Å². The number of carbonyl (C=O) groups excluding carboxylic acids is 1. The van der Waals surface area contributed by atoms with Gasteiger partial charge in [0.15, 0.2) is 9.84 Å². The van der Waals surface area contributed by atoms with Crippen LogP contribution in [-0.2, 0) is 14.6 Å². The van der Waals surface area contributed by atoms with Gasteiger partial charge in [-0.3, -0.25) is 4.79 Å². The molecule has 1 rings (SSSR count). The van der Waals surface area contributed by atoms with Crippen molar-refractivity contribution in [3.8, 4) is 0 Å². The van der Waals surface area contributed by atoms with Gasteiger partial charge in [-0.1, -0.05) is 12.1 Å². The number of benzene rings is 1. The summed E-state index contributed by atoms with van der Waals surface area (Å²) in [4.78, 5) is 11.1.